The van der Waals surface area contributed by atoms with E-state index >= 15 is 0 Å². The molecule has 0 spiro atoms. The van der Waals surface area contributed by atoms with E-state index in [2.05, 4.69) is 10.6 Å². The summed E-state index contributed by atoms with van der Waals surface area (Å²) < 4.78 is 10.6. The summed E-state index contributed by atoms with van der Waals surface area (Å²) in [6.45, 7) is 2.15. The topological polar surface area (TPSA) is 123 Å². The molecule has 28 heavy (non-hydrogen) atoms. The predicted molar refractivity (Wildman–Crippen MR) is 102 cm³/mol. The molecule has 0 aromatic heterocycles. The largest absolute Gasteiger partial charge is 0.454 e. The van der Waals surface area contributed by atoms with Crippen molar-refractivity contribution in [2.45, 2.75) is 25.9 Å². The Hall–Kier alpha value is -3.33. The Morgan fingerprint density at radius 1 is 1.25 bits per heavy atom. The van der Waals surface area contributed by atoms with E-state index in [4.69, 9.17) is 9.47 Å². The zero-order valence-electron chi connectivity index (χ0n) is 15.3. The molecule has 9 nitrogen and oxygen atoms in total. The van der Waals surface area contributed by atoms with Gasteiger partial charge in [0.2, 0.25) is 6.79 Å². The highest BCUT2D eigenvalue weighted by atomic mass is 16.7. The van der Waals surface area contributed by atoms with Gasteiger partial charge in [0.25, 0.3) is 11.6 Å². The first kappa shape index (κ1) is 19.4. The number of benzene rings is 2. The number of non-ortho nitro benzene ring substituents is 1. The lowest BCUT2D eigenvalue weighted by Crippen LogP contribution is -2.27. The minimum absolute atomic E-state index is 0.119. The Morgan fingerprint density at radius 2 is 2.04 bits per heavy atom. The highest BCUT2D eigenvalue weighted by Gasteiger charge is 2.19. The fraction of sp³-hybridized carbons (Fsp3) is 0.316. The van der Waals surface area contributed by atoms with E-state index in [-0.39, 0.29) is 37.2 Å². The summed E-state index contributed by atoms with van der Waals surface area (Å²) in [5.74, 6) is 0.796. The Bertz CT molecular complexity index is 882. The van der Waals surface area contributed by atoms with Crippen LogP contribution >= 0.6 is 0 Å². The molecule has 1 aliphatic heterocycles. The SMILES string of the molecule is CC[C@H](CO)Nc1ccc([N+](=O)[O-])cc1C(=O)NCc1ccc2c(c1)OCO2. The molecule has 3 N–H and O–H groups in total. The average molecular weight is 387 g/mol. The van der Waals surface area contributed by atoms with Gasteiger partial charge in [-0.15, -0.1) is 0 Å². The van der Waals surface area contributed by atoms with Crippen LogP contribution in [0.3, 0.4) is 0 Å². The molecule has 148 valence electrons. The normalized spacial score (nSPS) is 13.1. The van der Waals surface area contributed by atoms with E-state index in [0.717, 1.165) is 5.56 Å². The minimum atomic E-state index is -0.554. The number of carbonyl (C=O) groups is 1. The van der Waals surface area contributed by atoms with Gasteiger partial charge in [0, 0.05) is 30.4 Å². The second kappa shape index (κ2) is 8.57. The number of aliphatic hydroxyl groups excluding tert-OH is 1. The molecule has 0 saturated carbocycles. The fourth-order valence-corrected chi connectivity index (χ4v) is 2.78. The summed E-state index contributed by atoms with van der Waals surface area (Å²) >= 11 is 0. The summed E-state index contributed by atoms with van der Waals surface area (Å²) in [7, 11) is 0. The maximum absolute atomic E-state index is 12.7. The number of nitro benzene ring substituents is 1. The van der Waals surface area contributed by atoms with Gasteiger partial charge in [0.1, 0.15) is 0 Å². The lowest BCUT2D eigenvalue weighted by Gasteiger charge is -2.18. The molecule has 0 radical (unpaired) electrons. The van der Waals surface area contributed by atoms with Crippen molar-refractivity contribution in [2.75, 3.05) is 18.7 Å². The Labute approximate surface area is 161 Å². The van der Waals surface area contributed by atoms with E-state index in [1.54, 1.807) is 18.2 Å². The molecule has 2 aromatic carbocycles. The Morgan fingerprint density at radius 3 is 2.75 bits per heavy atom. The summed E-state index contributed by atoms with van der Waals surface area (Å²) in [6, 6.07) is 9.10. The van der Waals surface area contributed by atoms with Crippen molar-refractivity contribution in [3.8, 4) is 11.5 Å². The number of aliphatic hydroxyl groups is 1. The Kier molecular flexibility index (Phi) is 5.95. The minimum Gasteiger partial charge on any atom is -0.454 e. The smallest absolute Gasteiger partial charge is 0.270 e. The van der Waals surface area contributed by atoms with Crippen LogP contribution in [0.4, 0.5) is 11.4 Å². The Balaban J connectivity index is 1.78. The van der Waals surface area contributed by atoms with Crippen LogP contribution in [-0.4, -0.2) is 35.4 Å². The van der Waals surface area contributed by atoms with Crippen molar-refractivity contribution < 1.29 is 24.3 Å². The van der Waals surface area contributed by atoms with E-state index in [0.29, 0.717) is 23.6 Å². The molecular formula is C19H21N3O6. The van der Waals surface area contributed by atoms with Crippen LogP contribution in [0.5, 0.6) is 11.5 Å². The number of anilines is 1. The summed E-state index contributed by atoms with van der Waals surface area (Å²) in [6.07, 6.45) is 0.631. The molecule has 0 saturated heterocycles. The molecule has 1 amide bonds. The number of carbonyl (C=O) groups excluding carboxylic acids is 1. The van der Waals surface area contributed by atoms with Gasteiger partial charge in [-0.2, -0.15) is 0 Å². The summed E-state index contributed by atoms with van der Waals surface area (Å²) in [4.78, 5) is 23.3. The summed E-state index contributed by atoms with van der Waals surface area (Å²) in [5, 5.41) is 26.3. The highest BCUT2D eigenvalue weighted by molar-refractivity contribution is 6.00. The standard InChI is InChI=1S/C19H21N3O6/c1-2-13(10-23)21-16-5-4-14(22(25)26)8-15(16)19(24)20-9-12-3-6-17-18(7-12)28-11-27-17/h3-8,13,21,23H,2,9-11H2,1H3,(H,20,24)/t13-/m1/s1. The zero-order chi connectivity index (χ0) is 20.1. The number of rotatable bonds is 8. The van der Waals surface area contributed by atoms with E-state index < -0.39 is 10.8 Å². The number of nitrogens with zero attached hydrogens (tertiary/aromatic N) is 1. The molecular weight excluding hydrogens is 366 g/mol. The number of hydrogen-bond acceptors (Lipinski definition) is 7. The fourth-order valence-electron chi connectivity index (χ4n) is 2.78. The van der Waals surface area contributed by atoms with Crippen molar-refractivity contribution in [1.82, 2.24) is 5.32 Å². The van der Waals surface area contributed by atoms with Gasteiger partial charge in [-0.1, -0.05) is 13.0 Å². The summed E-state index contributed by atoms with van der Waals surface area (Å²) in [5.41, 5.74) is 1.19. The molecule has 9 heteroatoms. The first-order valence-corrected chi connectivity index (χ1v) is 8.84. The van der Waals surface area contributed by atoms with E-state index in [9.17, 15) is 20.0 Å². The molecule has 1 atom stereocenters. The molecule has 0 aliphatic carbocycles. The molecule has 0 fully saturated rings. The van der Waals surface area contributed by atoms with Gasteiger partial charge in [-0.25, -0.2) is 0 Å². The third-order valence-corrected chi connectivity index (χ3v) is 4.42. The van der Waals surface area contributed by atoms with Gasteiger partial charge < -0.3 is 25.2 Å². The highest BCUT2D eigenvalue weighted by Crippen LogP contribution is 2.32. The number of nitrogens with one attached hydrogen (secondary N) is 2. The van der Waals surface area contributed by atoms with Crippen molar-refractivity contribution >= 4 is 17.3 Å². The number of ether oxygens (including phenoxy) is 2. The van der Waals surface area contributed by atoms with Crippen LogP contribution < -0.4 is 20.1 Å². The molecule has 1 aliphatic rings. The zero-order valence-corrected chi connectivity index (χ0v) is 15.3. The monoisotopic (exact) mass is 387 g/mol. The number of nitro groups is 1. The van der Waals surface area contributed by atoms with Crippen molar-refractivity contribution in [2.24, 2.45) is 0 Å². The van der Waals surface area contributed by atoms with Crippen molar-refractivity contribution in [3.63, 3.8) is 0 Å². The number of amides is 1. The third kappa shape index (κ3) is 4.32. The second-order valence-corrected chi connectivity index (χ2v) is 6.29. The molecule has 0 bridgehead atoms. The second-order valence-electron chi connectivity index (χ2n) is 6.29. The quantitative estimate of drug-likeness (QED) is 0.469. The molecule has 2 aromatic rings. The van der Waals surface area contributed by atoms with Crippen molar-refractivity contribution in [3.05, 3.63) is 57.6 Å². The van der Waals surface area contributed by atoms with Crippen LogP contribution in [0.15, 0.2) is 36.4 Å². The van der Waals surface area contributed by atoms with Crippen LogP contribution in [0, 0.1) is 10.1 Å². The lowest BCUT2D eigenvalue weighted by atomic mass is 10.1. The molecule has 1 heterocycles. The lowest BCUT2D eigenvalue weighted by molar-refractivity contribution is -0.384. The maximum Gasteiger partial charge on any atom is 0.270 e. The van der Waals surface area contributed by atoms with Gasteiger partial charge in [-0.3, -0.25) is 14.9 Å². The number of fused-ring (bicyclic) bond motifs is 1. The first-order valence-electron chi connectivity index (χ1n) is 8.84. The average Bonchev–Trinajstić information content (AvgIpc) is 3.18. The van der Waals surface area contributed by atoms with Gasteiger partial charge in [-0.05, 0) is 30.2 Å². The predicted octanol–water partition coefficient (Wildman–Crippen LogP) is 2.44. The van der Waals surface area contributed by atoms with Gasteiger partial charge >= 0.3 is 0 Å². The van der Waals surface area contributed by atoms with Crippen LogP contribution in [0.2, 0.25) is 0 Å². The van der Waals surface area contributed by atoms with Crippen molar-refractivity contribution in [1.29, 1.82) is 0 Å². The van der Waals surface area contributed by atoms with Crippen LogP contribution in [-0.2, 0) is 6.54 Å². The van der Waals surface area contributed by atoms with Gasteiger partial charge in [0.15, 0.2) is 11.5 Å². The number of hydrogen-bond donors (Lipinski definition) is 3. The van der Waals surface area contributed by atoms with E-state index in [1.807, 2.05) is 6.92 Å². The van der Waals surface area contributed by atoms with Gasteiger partial charge in [0.05, 0.1) is 17.1 Å². The van der Waals surface area contributed by atoms with Crippen LogP contribution in [0.25, 0.3) is 0 Å². The maximum atomic E-state index is 12.7. The molecule has 0 unspecified atom stereocenters. The van der Waals surface area contributed by atoms with Crippen LogP contribution in [0.1, 0.15) is 29.3 Å². The molecule has 3 rings (SSSR count). The van der Waals surface area contributed by atoms with E-state index in [1.165, 1.54) is 18.2 Å². The first-order chi connectivity index (χ1) is 13.5. The third-order valence-electron chi connectivity index (χ3n) is 4.42.